The zero-order chi connectivity index (χ0) is 5.54. The second-order valence-corrected chi connectivity index (χ2v) is 1.37. The lowest BCUT2D eigenvalue weighted by molar-refractivity contribution is 0.134. The van der Waals surface area contributed by atoms with Crippen molar-refractivity contribution in [1.82, 2.24) is 0 Å². The van der Waals surface area contributed by atoms with Crippen molar-refractivity contribution in [2.45, 2.75) is 12.8 Å². The van der Waals surface area contributed by atoms with Gasteiger partial charge in [-0.15, -0.1) is 0 Å². The Balaban J connectivity index is 2.45. The molecule has 0 radical (unpaired) electrons. The molecule has 0 saturated heterocycles. The van der Waals surface area contributed by atoms with Gasteiger partial charge in [0.1, 0.15) is 0 Å². The summed E-state index contributed by atoms with van der Waals surface area (Å²) in [6, 6.07) is 0. The van der Waals surface area contributed by atoms with Crippen molar-refractivity contribution >= 4 is 0 Å². The lowest BCUT2D eigenvalue weighted by Gasteiger charge is -1.92. The van der Waals surface area contributed by atoms with E-state index in [2.05, 4.69) is 4.84 Å². The molecule has 0 aromatic rings. The minimum absolute atomic E-state index is 0.622. The summed E-state index contributed by atoms with van der Waals surface area (Å²) in [6.07, 6.45) is 1.96. The maximum atomic E-state index is 5.17. The quantitative estimate of drug-likeness (QED) is 0.377. The van der Waals surface area contributed by atoms with Crippen molar-refractivity contribution in [3.05, 3.63) is 0 Å². The summed E-state index contributed by atoms with van der Waals surface area (Å²) in [4.78, 5) is 4.29. The highest BCUT2D eigenvalue weighted by Gasteiger charge is 1.80. The number of hydrogen-bond donors (Lipinski definition) is 2. The predicted molar refractivity (Wildman–Crippen MR) is 28.4 cm³/mol. The summed E-state index contributed by atoms with van der Waals surface area (Å²) < 4.78 is 0. The zero-order valence-corrected chi connectivity index (χ0v) is 4.39. The predicted octanol–water partition coefficient (Wildman–Crippen LogP) is -0.384. The largest absolute Gasteiger partial charge is 0.330 e. The smallest absolute Gasteiger partial charge is 0.0679 e. The van der Waals surface area contributed by atoms with Gasteiger partial charge in [0.2, 0.25) is 0 Å². The Morgan fingerprint density at radius 3 is 2.43 bits per heavy atom. The van der Waals surface area contributed by atoms with E-state index in [1.54, 1.807) is 0 Å². The maximum absolute atomic E-state index is 5.17. The summed E-state index contributed by atoms with van der Waals surface area (Å²) in [6.45, 7) is 1.35. The van der Waals surface area contributed by atoms with Gasteiger partial charge in [-0.1, -0.05) is 0 Å². The van der Waals surface area contributed by atoms with Crippen LogP contribution in [0.1, 0.15) is 12.8 Å². The lowest BCUT2D eigenvalue weighted by Crippen LogP contribution is -2.04. The van der Waals surface area contributed by atoms with Crippen molar-refractivity contribution in [3.8, 4) is 0 Å². The fourth-order valence-electron chi connectivity index (χ4n) is 0.330. The Labute approximate surface area is 43.6 Å². The monoisotopic (exact) mass is 104 g/mol. The van der Waals surface area contributed by atoms with E-state index in [-0.39, 0.29) is 0 Å². The van der Waals surface area contributed by atoms with Gasteiger partial charge in [0.05, 0.1) is 6.61 Å². The van der Waals surface area contributed by atoms with Crippen LogP contribution in [0.25, 0.3) is 0 Å². The van der Waals surface area contributed by atoms with Gasteiger partial charge in [-0.05, 0) is 19.4 Å². The van der Waals surface area contributed by atoms with Gasteiger partial charge in [0, 0.05) is 0 Å². The standard InChI is InChI=1S/C4H12N2O/c5-3-1-2-4-7-6/h1-6H2. The molecule has 0 bridgehead atoms. The second-order valence-electron chi connectivity index (χ2n) is 1.37. The van der Waals surface area contributed by atoms with Gasteiger partial charge < -0.3 is 10.6 Å². The van der Waals surface area contributed by atoms with E-state index >= 15 is 0 Å². The zero-order valence-electron chi connectivity index (χ0n) is 4.39. The molecule has 0 atom stereocenters. The van der Waals surface area contributed by atoms with Crippen LogP contribution in [0.15, 0.2) is 0 Å². The van der Waals surface area contributed by atoms with Crippen LogP contribution in [0.2, 0.25) is 0 Å². The van der Waals surface area contributed by atoms with Crippen LogP contribution in [0.3, 0.4) is 0 Å². The van der Waals surface area contributed by atoms with Gasteiger partial charge in [-0.25, -0.2) is 5.90 Å². The number of nitrogens with two attached hydrogens (primary N) is 2. The molecule has 7 heavy (non-hydrogen) atoms. The molecule has 0 aromatic heterocycles. The van der Waals surface area contributed by atoms with E-state index < -0.39 is 0 Å². The topological polar surface area (TPSA) is 61.3 Å². The number of hydrogen-bond acceptors (Lipinski definition) is 3. The molecule has 44 valence electrons. The Morgan fingerprint density at radius 2 is 2.00 bits per heavy atom. The van der Waals surface area contributed by atoms with Crippen molar-refractivity contribution in [2.24, 2.45) is 11.6 Å². The van der Waals surface area contributed by atoms with Crippen LogP contribution in [-0.4, -0.2) is 13.2 Å². The molecule has 3 nitrogen and oxygen atoms in total. The third-order valence-electron chi connectivity index (χ3n) is 0.716. The molecule has 0 spiro atoms. The Bertz CT molecular complexity index is 28.9. The van der Waals surface area contributed by atoms with Crippen LogP contribution in [0.5, 0.6) is 0 Å². The minimum Gasteiger partial charge on any atom is -0.330 e. The van der Waals surface area contributed by atoms with Gasteiger partial charge in [-0.3, -0.25) is 0 Å². The van der Waals surface area contributed by atoms with E-state index in [9.17, 15) is 0 Å². The van der Waals surface area contributed by atoms with E-state index in [4.69, 9.17) is 11.6 Å². The summed E-state index contributed by atoms with van der Waals surface area (Å²) >= 11 is 0. The fraction of sp³-hybridized carbons (Fsp3) is 1.00. The van der Waals surface area contributed by atoms with E-state index in [0.717, 1.165) is 19.4 Å². The minimum atomic E-state index is 0.622. The third-order valence-corrected chi connectivity index (χ3v) is 0.716. The Hall–Kier alpha value is -0.120. The van der Waals surface area contributed by atoms with Gasteiger partial charge in [0.25, 0.3) is 0 Å². The SMILES string of the molecule is NCCCCON. The van der Waals surface area contributed by atoms with Crippen LogP contribution in [-0.2, 0) is 4.84 Å². The highest BCUT2D eigenvalue weighted by atomic mass is 16.6. The molecular formula is C4H12N2O. The van der Waals surface area contributed by atoms with Crippen LogP contribution >= 0.6 is 0 Å². The van der Waals surface area contributed by atoms with Crippen molar-refractivity contribution in [2.75, 3.05) is 13.2 Å². The molecule has 0 aliphatic heterocycles. The first-order chi connectivity index (χ1) is 3.41. The first-order valence-electron chi connectivity index (χ1n) is 2.43. The van der Waals surface area contributed by atoms with E-state index in [1.165, 1.54) is 0 Å². The molecule has 0 aromatic carbocycles. The lowest BCUT2D eigenvalue weighted by atomic mass is 10.3. The molecule has 4 N–H and O–H groups in total. The summed E-state index contributed by atoms with van der Waals surface area (Å²) in [7, 11) is 0. The van der Waals surface area contributed by atoms with Crippen LogP contribution in [0.4, 0.5) is 0 Å². The van der Waals surface area contributed by atoms with Crippen LogP contribution < -0.4 is 11.6 Å². The molecule has 0 aliphatic rings. The Kier molecular flexibility index (Phi) is 5.78. The molecule has 0 amide bonds. The van der Waals surface area contributed by atoms with Crippen molar-refractivity contribution in [3.63, 3.8) is 0 Å². The highest BCUT2D eigenvalue weighted by molar-refractivity contribution is 4.36. The second kappa shape index (κ2) is 5.88. The molecule has 3 heteroatoms. The normalized spacial score (nSPS) is 9.43. The van der Waals surface area contributed by atoms with E-state index in [0.29, 0.717) is 6.61 Å². The van der Waals surface area contributed by atoms with E-state index in [1.807, 2.05) is 0 Å². The maximum Gasteiger partial charge on any atom is 0.0679 e. The highest BCUT2D eigenvalue weighted by Crippen LogP contribution is 1.82. The molecule has 0 heterocycles. The van der Waals surface area contributed by atoms with Gasteiger partial charge in [0.15, 0.2) is 0 Å². The number of unbranched alkanes of at least 4 members (excludes halogenated alkanes) is 1. The average molecular weight is 104 g/mol. The summed E-state index contributed by atoms with van der Waals surface area (Å²) in [5, 5.41) is 0. The third kappa shape index (κ3) is 5.88. The molecular weight excluding hydrogens is 92.1 g/mol. The van der Waals surface area contributed by atoms with Crippen LogP contribution in [0, 0.1) is 0 Å². The molecule has 0 unspecified atom stereocenters. The molecule has 0 saturated carbocycles. The summed E-state index contributed by atoms with van der Waals surface area (Å²) in [5.41, 5.74) is 5.17. The summed E-state index contributed by atoms with van der Waals surface area (Å²) in [5.74, 6) is 4.73. The molecule has 0 rings (SSSR count). The van der Waals surface area contributed by atoms with Crippen molar-refractivity contribution < 1.29 is 4.84 Å². The Morgan fingerprint density at radius 1 is 1.29 bits per heavy atom. The van der Waals surface area contributed by atoms with Crippen molar-refractivity contribution in [1.29, 1.82) is 0 Å². The van der Waals surface area contributed by atoms with Gasteiger partial charge >= 0.3 is 0 Å². The number of rotatable bonds is 4. The fourth-order valence-corrected chi connectivity index (χ4v) is 0.330. The molecule has 0 fully saturated rings. The van der Waals surface area contributed by atoms with Gasteiger partial charge in [-0.2, -0.15) is 0 Å². The average Bonchev–Trinajstić information content (AvgIpc) is 1.69. The first kappa shape index (κ1) is 6.88. The first-order valence-corrected chi connectivity index (χ1v) is 2.43. The molecule has 0 aliphatic carbocycles.